The average Bonchev–Trinajstić information content (AvgIpc) is 3.22. The van der Waals surface area contributed by atoms with Gasteiger partial charge in [-0.05, 0) is 6.42 Å². The zero-order valence-corrected chi connectivity index (χ0v) is 16.4. The first-order chi connectivity index (χ1) is 14.2. The van der Waals surface area contributed by atoms with Gasteiger partial charge in [-0.2, -0.15) is 0 Å². The Bertz CT molecular complexity index is 911. The van der Waals surface area contributed by atoms with Gasteiger partial charge < -0.3 is 30.1 Å². The van der Waals surface area contributed by atoms with Crippen LogP contribution in [-0.2, 0) is 19.1 Å². The van der Waals surface area contributed by atoms with E-state index >= 15 is 0 Å². The van der Waals surface area contributed by atoms with Crippen LogP contribution in [0, 0.1) is 0 Å². The summed E-state index contributed by atoms with van der Waals surface area (Å²) in [5, 5.41) is 33.6. The minimum atomic E-state index is -2.52. The third kappa shape index (κ3) is 3.16. The van der Waals surface area contributed by atoms with Gasteiger partial charge in [-0.25, -0.2) is 0 Å². The number of hydrogen-bond donors (Lipinski definition) is 4. The fourth-order valence-electron chi connectivity index (χ4n) is 3.53. The van der Waals surface area contributed by atoms with Gasteiger partial charge in [0.2, 0.25) is 17.3 Å². The maximum atomic E-state index is 13.1. The second-order valence-electron chi connectivity index (χ2n) is 7.01. The molecule has 2 heterocycles. The molecule has 5 atom stereocenters. The lowest BCUT2D eigenvalue weighted by Crippen LogP contribution is -2.60. The van der Waals surface area contributed by atoms with Crippen molar-refractivity contribution in [3.8, 4) is 0 Å². The van der Waals surface area contributed by atoms with Gasteiger partial charge >= 0.3 is 0 Å². The highest BCUT2D eigenvalue weighted by atomic mass is 16.6. The fourth-order valence-corrected chi connectivity index (χ4v) is 3.53. The molecule has 1 aromatic carbocycles. The number of carbonyl (C=O) groups is 3. The molecule has 3 rings (SSSR count). The normalized spacial score (nSPS) is 30.3. The number of ether oxygens (including phenoxy) is 2. The summed E-state index contributed by atoms with van der Waals surface area (Å²) < 4.78 is 10.6. The Labute approximate surface area is 172 Å². The van der Waals surface area contributed by atoms with Crippen LogP contribution in [0.1, 0.15) is 23.7 Å². The van der Waals surface area contributed by atoms with Gasteiger partial charge in [-0.3, -0.25) is 14.4 Å². The zero-order chi connectivity index (χ0) is 22.1. The summed E-state index contributed by atoms with van der Waals surface area (Å²) in [6, 6.07) is 7.80. The standard InChI is InChI=1S/C21H23NO8/c1-3-4-10-13(23)16(25)14-11-15(24)20(30-14)18(27)21(29-2,22-19(20)28)17(26)12-8-6-5-7-9-12/h4-11,13,16,18,23,25,27H,3H2,1-2H3,(H,22,28). The highest BCUT2D eigenvalue weighted by Crippen LogP contribution is 2.41. The van der Waals surface area contributed by atoms with E-state index in [9.17, 15) is 29.7 Å². The molecular weight excluding hydrogens is 394 g/mol. The number of methoxy groups -OCH3 is 1. The Morgan fingerprint density at radius 2 is 1.97 bits per heavy atom. The summed E-state index contributed by atoms with van der Waals surface area (Å²) in [4.78, 5) is 38.6. The minimum Gasteiger partial charge on any atom is -0.467 e. The lowest BCUT2D eigenvalue weighted by Gasteiger charge is -2.32. The summed E-state index contributed by atoms with van der Waals surface area (Å²) in [7, 11) is 1.10. The molecule has 0 aromatic heterocycles. The van der Waals surface area contributed by atoms with Crippen LogP contribution in [0.3, 0.4) is 0 Å². The molecule has 0 bridgehead atoms. The van der Waals surface area contributed by atoms with Crippen molar-refractivity contribution in [3.63, 3.8) is 0 Å². The summed E-state index contributed by atoms with van der Waals surface area (Å²) in [6.45, 7) is 1.83. The van der Waals surface area contributed by atoms with Gasteiger partial charge in [0.25, 0.3) is 11.5 Å². The molecule has 1 aromatic rings. The summed E-state index contributed by atoms with van der Waals surface area (Å²) >= 11 is 0. The molecular formula is C21H23NO8. The van der Waals surface area contributed by atoms with E-state index < -0.39 is 52.9 Å². The predicted octanol–water partition coefficient (Wildman–Crippen LogP) is -0.387. The number of Topliss-reactive ketones (excluding diaryl/α,β-unsaturated/α-hetero) is 1. The van der Waals surface area contributed by atoms with Crippen molar-refractivity contribution in [2.75, 3.05) is 7.11 Å². The smallest absolute Gasteiger partial charge is 0.278 e. The number of nitrogens with one attached hydrogen (secondary N) is 1. The van der Waals surface area contributed by atoms with E-state index in [1.54, 1.807) is 24.3 Å². The second kappa shape index (κ2) is 8.11. The molecule has 0 aliphatic carbocycles. The summed E-state index contributed by atoms with van der Waals surface area (Å²) in [5.41, 5.74) is -4.66. The first kappa shape index (κ1) is 21.8. The first-order valence-corrected chi connectivity index (χ1v) is 9.38. The van der Waals surface area contributed by atoms with Gasteiger partial charge in [0.1, 0.15) is 18.0 Å². The van der Waals surface area contributed by atoms with Crippen LogP contribution in [0.25, 0.3) is 0 Å². The number of hydrogen-bond acceptors (Lipinski definition) is 8. The largest absolute Gasteiger partial charge is 0.467 e. The van der Waals surface area contributed by atoms with Crippen molar-refractivity contribution in [1.29, 1.82) is 0 Å². The van der Waals surface area contributed by atoms with Gasteiger partial charge in [0, 0.05) is 18.7 Å². The molecule has 9 heteroatoms. The van der Waals surface area contributed by atoms with Crippen LogP contribution in [0.4, 0.5) is 0 Å². The molecule has 0 radical (unpaired) electrons. The van der Waals surface area contributed by atoms with Crippen LogP contribution in [0.2, 0.25) is 0 Å². The third-order valence-corrected chi connectivity index (χ3v) is 5.20. The second-order valence-corrected chi connectivity index (χ2v) is 7.01. The number of aliphatic hydroxyl groups excluding tert-OH is 3. The molecule has 2 aliphatic heterocycles. The molecule has 5 unspecified atom stereocenters. The van der Waals surface area contributed by atoms with E-state index in [2.05, 4.69) is 5.32 Å². The van der Waals surface area contributed by atoms with E-state index in [1.165, 1.54) is 18.2 Å². The maximum Gasteiger partial charge on any atom is 0.278 e. The van der Waals surface area contributed by atoms with Crippen molar-refractivity contribution < 1.29 is 39.2 Å². The Morgan fingerprint density at radius 1 is 1.30 bits per heavy atom. The lowest BCUT2D eigenvalue weighted by molar-refractivity contribution is -0.163. The van der Waals surface area contributed by atoms with Crippen LogP contribution < -0.4 is 5.32 Å². The molecule has 160 valence electrons. The fraction of sp³-hybridized carbons (Fsp3) is 0.381. The minimum absolute atomic E-state index is 0.134. The van der Waals surface area contributed by atoms with Crippen molar-refractivity contribution in [1.82, 2.24) is 5.32 Å². The molecule has 30 heavy (non-hydrogen) atoms. The Kier molecular flexibility index (Phi) is 5.91. The van der Waals surface area contributed by atoms with E-state index in [4.69, 9.17) is 9.47 Å². The molecule has 4 N–H and O–H groups in total. The Balaban J connectivity index is 1.94. The van der Waals surface area contributed by atoms with Crippen LogP contribution >= 0.6 is 0 Å². The Hall–Kier alpha value is -2.85. The van der Waals surface area contributed by atoms with Gasteiger partial charge in [0.15, 0.2) is 6.10 Å². The van der Waals surface area contributed by atoms with Crippen molar-refractivity contribution in [2.24, 2.45) is 0 Å². The van der Waals surface area contributed by atoms with E-state index in [0.717, 1.165) is 13.2 Å². The van der Waals surface area contributed by atoms with Crippen LogP contribution in [0.15, 0.2) is 54.3 Å². The highest BCUT2D eigenvalue weighted by molar-refractivity contribution is 6.21. The number of allylic oxidation sites excluding steroid dienone is 1. The molecule has 1 fully saturated rings. The molecule has 1 amide bonds. The molecule has 0 saturated carbocycles. The average molecular weight is 417 g/mol. The van der Waals surface area contributed by atoms with Gasteiger partial charge in [-0.1, -0.05) is 49.4 Å². The van der Waals surface area contributed by atoms with Gasteiger partial charge in [0.05, 0.1) is 0 Å². The SMILES string of the molecule is CCC=CC(O)C(O)C1=CC(=O)C2(O1)C(=O)NC(OC)(C(=O)c1ccccc1)C2O. The molecule has 1 saturated heterocycles. The first-order valence-electron chi connectivity index (χ1n) is 9.38. The van der Waals surface area contributed by atoms with Crippen molar-refractivity contribution in [3.05, 3.63) is 59.9 Å². The number of rotatable bonds is 7. The third-order valence-electron chi connectivity index (χ3n) is 5.20. The number of aliphatic hydroxyl groups is 3. The van der Waals surface area contributed by atoms with E-state index in [0.29, 0.717) is 6.42 Å². The van der Waals surface area contributed by atoms with Crippen molar-refractivity contribution in [2.45, 2.75) is 43.0 Å². The molecule has 9 nitrogen and oxygen atoms in total. The quantitative estimate of drug-likeness (QED) is 0.267. The number of ketones is 2. The maximum absolute atomic E-state index is 13.1. The summed E-state index contributed by atoms with van der Waals surface area (Å²) in [6.07, 6.45) is -0.772. The topological polar surface area (TPSA) is 142 Å². The summed E-state index contributed by atoms with van der Waals surface area (Å²) in [5.74, 6) is -3.25. The van der Waals surface area contributed by atoms with E-state index in [1.807, 2.05) is 6.92 Å². The zero-order valence-electron chi connectivity index (χ0n) is 16.4. The van der Waals surface area contributed by atoms with Gasteiger partial charge in [-0.15, -0.1) is 0 Å². The number of benzene rings is 1. The molecule has 2 aliphatic rings. The van der Waals surface area contributed by atoms with Crippen LogP contribution in [-0.4, -0.2) is 69.5 Å². The monoisotopic (exact) mass is 417 g/mol. The van der Waals surface area contributed by atoms with E-state index in [-0.39, 0.29) is 5.56 Å². The van der Waals surface area contributed by atoms with Crippen LogP contribution in [0.5, 0.6) is 0 Å². The highest BCUT2D eigenvalue weighted by Gasteiger charge is 2.73. The molecule has 1 spiro atoms. The van der Waals surface area contributed by atoms with Crippen molar-refractivity contribution >= 4 is 17.5 Å². The Morgan fingerprint density at radius 3 is 2.57 bits per heavy atom. The lowest BCUT2D eigenvalue weighted by atomic mass is 9.86. The number of amides is 1. The number of carbonyl (C=O) groups excluding carboxylic acids is 3. The predicted molar refractivity (Wildman–Crippen MR) is 103 cm³/mol.